The molecule has 1 spiro atoms. The normalized spacial score (nSPS) is 14.2. The summed E-state index contributed by atoms with van der Waals surface area (Å²) in [5, 5.41) is 4.91. The van der Waals surface area contributed by atoms with E-state index in [0.29, 0.717) is 0 Å². The zero-order valence-electron chi connectivity index (χ0n) is 37.2. The first-order valence-corrected chi connectivity index (χ1v) is 23.5. The Morgan fingerprint density at radius 3 is 1.47 bits per heavy atom. The maximum Gasteiger partial charge on any atom is 0.0747 e. The van der Waals surface area contributed by atoms with Crippen molar-refractivity contribution >= 4 is 66.7 Å². The molecule has 11 aromatic carbocycles. The van der Waals surface area contributed by atoms with Gasteiger partial charge >= 0.3 is 0 Å². The van der Waals surface area contributed by atoms with Crippen molar-refractivity contribution in [1.29, 1.82) is 0 Å². The number of para-hydroxylation sites is 5. The molecule has 1 atom stereocenters. The van der Waals surface area contributed by atoms with Crippen LogP contribution >= 0.6 is 0 Å². The summed E-state index contributed by atoms with van der Waals surface area (Å²) in [5.41, 5.74) is 19.8. The van der Waals surface area contributed by atoms with Gasteiger partial charge in [0.2, 0.25) is 0 Å². The number of fused-ring (bicyclic) bond motifs is 15. The molecule has 2 aliphatic rings. The molecule has 0 amide bonds. The van der Waals surface area contributed by atoms with E-state index in [1.165, 1.54) is 82.8 Å². The third kappa shape index (κ3) is 5.41. The van der Waals surface area contributed by atoms with E-state index in [9.17, 15) is 0 Å². The third-order valence-electron chi connectivity index (χ3n) is 14.5. The van der Waals surface area contributed by atoms with Crippen molar-refractivity contribution in [2.45, 2.75) is 5.41 Å². The van der Waals surface area contributed by atoms with Crippen LogP contribution < -0.4 is 9.80 Å². The monoisotopic (exact) mass is 865 g/mol. The fourth-order valence-corrected chi connectivity index (χ4v) is 11.9. The Kier molecular flexibility index (Phi) is 8.50. The lowest BCUT2D eigenvalue weighted by Crippen LogP contribution is -2.28. The summed E-state index contributed by atoms with van der Waals surface area (Å²) < 4.78 is 2.39. The summed E-state index contributed by atoms with van der Waals surface area (Å²) >= 11 is 0. The maximum absolute atomic E-state index is 2.49. The van der Waals surface area contributed by atoms with Crippen molar-refractivity contribution in [3.63, 3.8) is 0 Å². The first kappa shape index (κ1) is 38.4. The zero-order chi connectivity index (χ0) is 44.8. The van der Waals surface area contributed by atoms with Crippen molar-refractivity contribution in [2.24, 2.45) is 0 Å². The molecule has 68 heavy (non-hydrogen) atoms. The lowest BCUT2D eigenvalue weighted by atomic mass is 9.69. The molecule has 0 aliphatic heterocycles. The van der Waals surface area contributed by atoms with E-state index in [2.05, 4.69) is 275 Å². The van der Waals surface area contributed by atoms with Gasteiger partial charge in [0.05, 0.1) is 27.8 Å². The van der Waals surface area contributed by atoms with Gasteiger partial charge in [0.15, 0.2) is 0 Å². The standard InChI is InChI=1S/C65H43N3/c1-5-23-45(24-6-1)66(46-25-7-2-8-26-46)61-42-44-22-13-14-31-50(44)62-52-33-15-18-35-55(52)65(64(61)62)56-36-19-16-34-53(56)63-57(65)37-21-39-60(63)67(47-27-9-3-10-28-47)49-40-41-59-54(43-49)51-32-17-20-38-58(51)68(59)48-29-11-4-12-30-48/h1-43H. The molecule has 0 N–H and O–H groups in total. The SMILES string of the molecule is c1ccc(N(c2ccc3c(c2)c2ccccc2n3-c2ccccc2)c2cccc3c2-c2ccccc2C32c3ccccc3-c3c2c(N(c2ccccc2)c2ccccc2)cc2ccccc32)cc1. The second kappa shape index (κ2) is 15.1. The summed E-state index contributed by atoms with van der Waals surface area (Å²) in [7, 11) is 0. The minimum atomic E-state index is -0.662. The lowest BCUT2D eigenvalue weighted by Gasteiger charge is -2.36. The summed E-state index contributed by atoms with van der Waals surface area (Å²) in [6.45, 7) is 0. The second-order valence-electron chi connectivity index (χ2n) is 18.0. The highest BCUT2D eigenvalue weighted by Gasteiger charge is 2.54. The molecular formula is C65H43N3. The van der Waals surface area contributed by atoms with Crippen LogP contribution in [0.2, 0.25) is 0 Å². The molecule has 0 bridgehead atoms. The molecule has 14 rings (SSSR count). The maximum atomic E-state index is 2.49. The summed E-state index contributed by atoms with van der Waals surface area (Å²) in [5.74, 6) is 0. The van der Waals surface area contributed by atoms with Crippen LogP contribution in [0.4, 0.5) is 34.1 Å². The molecule has 318 valence electrons. The van der Waals surface area contributed by atoms with Crippen LogP contribution in [-0.4, -0.2) is 4.57 Å². The second-order valence-corrected chi connectivity index (χ2v) is 18.0. The third-order valence-corrected chi connectivity index (χ3v) is 14.5. The van der Waals surface area contributed by atoms with E-state index in [1.807, 2.05) is 0 Å². The average Bonchev–Trinajstić information content (AvgIpc) is 4.02. The van der Waals surface area contributed by atoms with Gasteiger partial charge in [0.1, 0.15) is 0 Å². The smallest absolute Gasteiger partial charge is 0.0747 e. The highest BCUT2D eigenvalue weighted by Crippen LogP contribution is 2.68. The molecule has 12 aromatic rings. The molecule has 3 heteroatoms. The molecule has 1 heterocycles. The van der Waals surface area contributed by atoms with Gasteiger partial charge in [-0.1, -0.05) is 176 Å². The Labute approximate surface area is 395 Å². The van der Waals surface area contributed by atoms with E-state index in [0.717, 1.165) is 34.1 Å². The molecule has 3 nitrogen and oxygen atoms in total. The fraction of sp³-hybridized carbons (Fsp3) is 0.0154. The molecule has 1 unspecified atom stereocenters. The van der Waals surface area contributed by atoms with Gasteiger partial charge in [-0.2, -0.15) is 0 Å². The van der Waals surface area contributed by atoms with Crippen LogP contribution in [0.3, 0.4) is 0 Å². The quantitative estimate of drug-likeness (QED) is 0.158. The molecule has 2 aliphatic carbocycles. The Bertz CT molecular complexity index is 3870. The van der Waals surface area contributed by atoms with Crippen LogP contribution in [-0.2, 0) is 5.41 Å². The minimum Gasteiger partial charge on any atom is -0.310 e. The molecular weight excluding hydrogens is 823 g/mol. The average molecular weight is 866 g/mol. The number of aromatic nitrogens is 1. The number of nitrogens with zero attached hydrogens (tertiary/aromatic N) is 3. The van der Waals surface area contributed by atoms with E-state index < -0.39 is 5.41 Å². The van der Waals surface area contributed by atoms with Crippen LogP contribution in [0.5, 0.6) is 0 Å². The van der Waals surface area contributed by atoms with Crippen LogP contribution in [0.15, 0.2) is 261 Å². The van der Waals surface area contributed by atoms with E-state index in [1.54, 1.807) is 0 Å². The number of hydrogen-bond donors (Lipinski definition) is 0. The van der Waals surface area contributed by atoms with Crippen molar-refractivity contribution in [3.8, 4) is 27.9 Å². The van der Waals surface area contributed by atoms with Gasteiger partial charge in [-0.3, -0.25) is 0 Å². The van der Waals surface area contributed by atoms with Gasteiger partial charge in [0.25, 0.3) is 0 Å². The molecule has 1 aromatic heterocycles. The number of rotatable bonds is 7. The summed E-state index contributed by atoms with van der Waals surface area (Å²) in [6.07, 6.45) is 0. The number of anilines is 6. The number of hydrogen-bond acceptors (Lipinski definition) is 2. The predicted molar refractivity (Wildman–Crippen MR) is 284 cm³/mol. The van der Waals surface area contributed by atoms with Gasteiger partial charge in [-0.05, 0) is 129 Å². The number of benzene rings is 11. The molecule has 0 saturated heterocycles. The predicted octanol–water partition coefficient (Wildman–Crippen LogP) is 17.2. The van der Waals surface area contributed by atoms with Crippen LogP contribution in [0, 0.1) is 0 Å². The highest BCUT2D eigenvalue weighted by atomic mass is 15.2. The zero-order valence-corrected chi connectivity index (χ0v) is 37.2. The minimum absolute atomic E-state index is 0.662. The Hall–Kier alpha value is -8.92. The highest BCUT2D eigenvalue weighted by molar-refractivity contribution is 6.13. The summed E-state index contributed by atoms with van der Waals surface area (Å²) in [4.78, 5) is 4.98. The van der Waals surface area contributed by atoms with Crippen LogP contribution in [0.25, 0.3) is 60.5 Å². The van der Waals surface area contributed by atoms with E-state index in [-0.39, 0.29) is 0 Å². The first-order chi connectivity index (χ1) is 33.8. The van der Waals surface area contributed by atoms with Crippen molar-refractivity contribution in [1.82, 2.24) is 4.57 Å². The molecule has 0 saturated carbocycles. The van der Waals surface area contributed by atoms with Gasteiger partial charge < -0.3 is 14.4 Å². The molecule has 0 fully saturated rings. The van der Waals surface area contributed by atoms with Crippen molar-refractivity contribution in [2.75, 3.05) is 9.80 Å². The fourth-order valence-electron chi connectivity index (χ4n) is 11.9. The van der Waals surface area contributed by atoms with E-state index in [4.69, 9.17) is 0 Å². The van der Waals surface area contributed by atoms with Crippen LogP contribution in [0.1, 0.15) is 22.3 Å². The molecule has 0 radical (unpaired) electrons. The van der Waals surface area contributed by atoms with E-state index >= 15 is 0 Å². The van der Waals surface area contributed by atoms with Gasteiger partial charge in [-0.25, -0.2) is 0 Å². The Morgan fingerprint density at radius 2 is 0.809 bits per heavy atom. The largest absolute Gasteiger partial charge is 0.310 e. The van der Waals surface area contributed by atoms with Gasteiger partial charge in [-0.15, -0.1) is 0 Å². The van der Waals surface area contributed by atoms with Gasteiger partial charge in [0, 0.05) is 50.3 Å². The lowest BCUT2D eigenvalue weighted by molar-refractivity contribution is 0.793. The topological polar surface area (TPSA) is 11.4 Å². The Balaban J connectivity index is 1.09. The van der Waals surface area contributed by atoms with Crippen molar-refractivity contribution < 1.29 is 0 Å². The first-order valence-electron chi connectivity index (χ1n) is 23.5. The van der Waals surface area contributed by atoms with Crippen molar-refractivity contribution in [3.05, 3.63) is 283 Å². The summed E-state index contributed by atoms with van der Waals surface area (Å²) in [6, 6.07) is 96.2. The Morgan fingerprint density at radius 1 is 0.309 bits per heavy atom.